The smallest absolute Gasteiger partial charge is 0.331 e. The molecule has 2 aromatic carbocycles. The van der Waals surface area contributed by atoms with Gasteiger partial charge in [-0.15, -0.1) is 18.3 Å². The van der Waals surface area contributed by atoms with Gasteiger partial charge in [0.2, 0.25) is 12.7 Å². The molecule has 0 spiro atoms. The number of fused-ring (bicyclic) bond motifs is 2. The van der Waals surface area contributed by atoms with E-state index in [-0.39, 0.29) is 24.2 Å². The number of thioether (sulfide) groups is 1. The summed E-state index contributed by atoms with van der Waals surface area (Å²) in [6.07, 6.45) is 1.82. The summed E-state index contributed by atoms with van der Waals surface area (Å²) in [5.74, 6) is 0.929. The van der Waals surface area contributed by atoms with Crippen molar-refractivity contribution in [2.24, 2.45) is 4.99 Å². The minimum Gasteiger partial charge on any atom is -0.494 e. The van der Waals surface area contributed by atoms with Crippen LogP contribution in [0.3, 0.4) is 0 Å². The molecule has 8 nitrogen and oxygen atoms in total. The van der Waals surface area contributed by atoms with Crippen molar-refractivity contribution in [3.05, 3.63) is 87.1 Å². The van der Waals surface area contributed by atoms with Crippen molar-refractivity contribution in [2.45, 2.75) is 23.1 Å². The van der Waals surface area contributed by atoms with Crippen LogP contribution < -0.4 is 20.7 Å². The van der Waals surface area contributed by atoms with Gasteiger partial charge in [-0.25, -0.2) is 4.79 Å². The maximum atomic E-state index is 12.8. The van der Waals surface area contributed by atoms with Crippen LogP contribution in [0.15, 0.2) is 74.6 Å². The standard InChI is InChI=1S/C23H19N3O5S/c1-2-9-26-22(28)20(21(27)25-23(26)29)15-11-19(32-18-6-4-3-5-14(18)24-15)13-7-8-16-17(10-13)31-12-30-16/h2-8,10,19,28H,1,9,11-12H2,(H,25,27,29)/t19-/m1/s1. The van der Waals surface area contributed by atoms with Crippen molar-refractivity contribution in [3.8, 4) is 17.4 Å². The van der Waals surface area contributed by atoms with Gasteiger partial charge < -0.3 is 14.6 Å². The molecule has 2 aliphatic rings. The number of hydrogen-bond donors (Lipinski definition) is 2. The maximum absolute atomic E-state index is 12.8. The van der Waals surface area contributed by atoms with Crippen molar-refractivity contribution in [3.63, 3.8) is 0 Å². The van der Waals surface area contributed by atoms with E-state index >= 15 is 0 Å². The van der Waals surface area contributed by atoms with Crippen molar-refractivity contribution >= 4 is 23.2 Å². The van der Waals surface area contributed by atoms with Gasteiger partial charge in [0.1, 0.15) is 5.56 Å². The SMILES string of the molecule is C=CCn1c(O)c(C2=Nc3ccccc3S[C@@H](c3ccc4c(c3)OCO4)C2)c(=O)[nH]c1=O. The molecule has 1 aromatic heterocycles. The molecule has 2 N–H and O–H groups in total. The molecule has 32 heavy (non-hydrogen) atoms. The number of aromatic nitrogens is 2. The first-order valence-electron chi connectivity index (χ1n) is 9.95. The average Bonchev–Trinajstić information content (AvgIpc) is 3.16. The largest absolute Gasteiger partial charge is 0.494 e. The number of aliphatic imine (C=N–C) groups is 1. The molecule has 0 bridgehead atoms. The van der Waals surface area contributed by atoms with Crippen LogP contribution in [0.5, 0.6) is 17.4 Å². The molecule has 0 unspecified atom stereocenters. The predicted molar refractivity (Wildman–Crippen MR) is 122 cm³/mol. The van der Waals surface area contributed by atoms with Gasteiger partial charge in [-0.3, -0.25) is 19.3 Å². The van der Waals surface area contributed by atoms with Gasteiger partial charge in [0.05, 0.1) is 11.4 Å². The van der Waals surface area contributed by atoms with E-state index in [0.29, 0.717) is 29.3 Å². The Morgan fingerprint density at radius 3 is 2.88 bits per heavy atom. The number of allylic oxidation sites excluding steroid dienone is 1. The number of aromatic hydroxyl groups is 1. The van der Waals surface area contributed by atoms with Crippen LogP contribution in [-0.2, 0) is 6.54 Å². The summed E-state index contributed by atoms with van der Waals surface area (Å²) in [6.45, 7) is 3.84. The van der Waals surface area contributed by atoms with Crippen molar-refractivity contribution in [1.29, 1.82) is 0 Å². The second-order valence-electron chi connectivity index (χ2n) is 7.31. The molecule has 0 saturated heterocycles. The third-order valence-electron chi connectivity index (χ3n) is 5.31. The normalized spacial score (nSPS) is 16.8. The van der Waals surface area contributed by atoms with E-state index in [4.69, 9.17) is 14.5 Å². The molecule has 2 aliphatic heterocycles. The first-order chi connectivity index (χ1) is 15.5. The summed E-state index contributed by atoms with van der Waals surface area (Å²) in [7, 11) is 0. The van der Waals surface area contributed by atoms with Crippen LogP contribution in [0.2, 0.25) is 0 Å². The summed E-state index contributed by atoms with van der Waals surface area (Å²) in [4.78, 5) is 32.9. The quantitative estimate of drug-likeness (QED) is 0.591. The van der Waals surface area contributed by atoms with Crippen LogP contribution in [0, 0.1) is 0 Å². The Bertz CT molecular complexity index is 1370. The summed E-state index contributed by atoms with van der Waals surface area (Å²) in [5, 5.41) is 10.7. The van der Waals surface area contributed by atoms with E-state index in [0.717, 1.165) is 15.0 Å². The first-order valence-corrected chi connectivity index (χ1v) is 10.8. The lowest BCUT2D eigenvalue weighted by Gasteiger charge is -2.17. The first kappa shape index (κ1) is 20.2. The maximum Gasteiger partial charge on any atom is 0.331 e. The molecule has 9 heteroatoms. The van der Waals surface area contributed by atoms with Crippen LogP contribution in [0.1, 0.15) is 22.8 Å². The Morgan fingerprint density at radius 2 is 2.03 bits per heavy atom. The van der Waals surface area contributed by atoms with E-state index in [2.05, 4.69) is 11.6 Å². The van der Waals surface area contributed by atoms with Crippen LogP contribution in [0.4, 0.5) is 5.69 Å². The van der Waals surface area contributed by atoms with Crippen molar-refractivity contribution in [2.75, 3.05) is 6.79 Å². The molecule has 0 aliphatic carbocycles. The van der Waals surface area contributed by atoms with Gasteiger partial charge >= 0.3 is 5.69 Å². The van der Waals surface area contributed by atoms with E-state index < -0.39 is 17.1 Å². The average molecular weight is 449 g/mol. The lowest BCUT2D eigenvalue weighted by atomic mass is 10.0. The van der Waals surface area contributed by atoms with Gasteiger partial charge in [0.25, 0.3) is 5.56 Å². The highest BCUT2D eigenvalue weighted by atomic mass is 32.2. The second-order valence-corrected chi connectivity index (χ2v) is 8.55. The molecule has 3 aromatic rings. The number of para-hydroxylation sites is 1. The number of aromatic amines is 1. The number of H-pyrrole nitrogens is 1. The minimum atomic E-state index is -0.701. The van der Waals surface area contributed by atoms with Gasteiger partial charge in [-0.05, 0) is 29.8 Å². The van der Waals surface area contributed by atoms with Gasteiger partial charge in [0, 0.05) is 23.1 Å². The molecule has 0 fully saturated rings. The lowest BCUT2D eigenvalue weighted by molar-refractivity contribution is 0.174. The van der Waals surface area contributed by atoms with Crippen LogP contribution in [-0.4, -0.2) is 27.2 Å². The van der Waals surface area contributed by atoms with E-state index in [1.54, 1.807) is 11.8 Å². The summed E-state index contributed by atoms with van der Waals surface area (Å²) in [6, 6.07) is 13.4. The fraction of sp³-hybridized carbons (Fsp3) is 0.174. The highest BCUT2D eigenvalue weighted by molar-refractivity contribution is 7.99. The molecule has 1 atom stereocenters. The molecule has 162 valence electrons. The van der Waals surface area contributed by atoms with Crippen molar-refractivity contribution < 1.29 is 14.6 Å². The zero-order valence-corrected chi connectivity index (χ0v) is 17.7. The summed E-state index contributed by atoms with van der Waals surface area (Å²) >= 11 is 1.61. The second kappa shape index (κ2) is 8.08. The van der Waals surface area contributed by atoms with Crippen LogP contribution in [0.25, 0.3) is 0 Å². The van der Waals surface area contributed by atoms with Crippen molar-refractivity contribution in [1.82, 2.24) is 9.55 Å². The number of ether oxygens (including phenoxy) is 2. The highest BCUT2D eigenvalue weighted by Gasteiger charge is 2.28. The molecule has 0 amide bonds. The Hall–Kier alpha value is -3.72. The zero-order valence-electron chi connectivity index (χ0n) is 16.9. The van der Waals surface area contributed by atoms with Gasteiger partial charge in [-0.2, -0.15) is 0 Å². The molecule has 0 saturated carbocycles. The monoisotopic (exact) mass is 449 g/mol. The topological polar surface area (TPSA) is 106 Å². The minimum absolute atomic E-state index is 0.0190. The lowest BCUT2D eigenvalue weighted by Crippen LogP contribution is -2.34. The number of nitrogens with zero attached hydrogens (tertiary/aromatic N) is 2. The van der Waals surface area contributed by atoms with E-state index in [1.807, 2.05) is 42.5 Å². The summed E-state index contributed by atoms with van der Waals surface area (Å²) < 4.78 is 12.0. The number of benzene rings is 2. The predicted octanol–water partition coefficient (Wildman–Crippen LogP) is 3.51. The Labute approximate surface area is 186 Å². The fourth-order valence-electron chi connectivity index (χ4n) is 3.79. The molecule has 0 radical (unpaired) electrons. The van der Waals surface area contributed by atoms with E-state index in [1.165, 1.54) is 6.08 Å². The number of hydrogen-bond acceptors (Lipinski definition) is 7. The fourth-order valence-corrected chi connectivity index (χ4v) is 5.01. The van der Waals surface area contributed by atoms with Crippen LogP contribution >= 0.6 is 11.8 Å². The molecule has 3 heterocycles. The third-order valence-corrected chi connectivity index (χ3v) is 6.63. The summed E-state index contributed by atoms with van der Waals surface area (Å²) in [5.41, 5.74) is 0.652. The Kier molecular flexibility index (Phi) is 5.10. The Morgan fingerprint density at radius 1 is 1.22 bits per heavy atom. The number of nitrogens with one attached hydrogen (secondary N) is 1. The Balaban J connectivity index is 1.66. The van der Waals surface area contributed by atoms with Gasteiger partial charge in [-0.1, -0.05) is 24.3 Å². The number of rotatable bonds is 4. The highest BCUT2D eigenvalue weighted by Crippen LogP contribution is 2.47. The van der Waals surface area contributed by atoms with Gasteiger partial charge in [0.15, 0.2) is 11.5 Å². The third kappa shape index (κ3) is 3.50. The molecular weight excluding hydrogens is 430 g/mol. The van der Waals surface area contributed by atoms with E-state index in [9.17, 15) is 14.7 Å². The molecule has 5 rings (SSSR count). The molecular formula is C23H19N3O5S. The zero-order chi connectivity index (χ0) is 22.2.